The number of nitrogens with zero attached hydrogens (tertiary/aromatic N) is 2. The molecule has 0 spiro atoms. The van der Waals surface area contributed by atoms with Gasteiger partial charge in [-0.05, 0) is 23.9 Å². The van der Waals surface area contributed by atoms with Crippen molar-refractivity contribution in [2.45, 2.75) is 13.0 Å². The van der Waals surface area contributed by atoms with Gasteiger partial charge in [0.2, 0.25) is 5.95 Å². The lowest BCUT2D eigenvalue weighted by Gasteiger charge is -2.15. The number of thiophene rings is 1. The molecule has 1 atom stereocenters. The SMILES string of the molecule is CC(Nc1nc(N)nc2sccc12)c1ccccc1. The summed E-state index contributed by atoms with van der Waals surface area (Å²) >= 11 is 1.57. The topological polar surface area (TPSA) is 63.8 Å². The molecule has 1 aromatic carbocycles. The first-order valence-electron chi connectivity index (χ1n) is 6.06. The fraction of sp³-hybridized carbons (Fsp3) is 0.143. The van der Waals surface area contributed by atoms with Crippen molar-refractivity contribution >= 4 is 33.3 Å². The van der Waals surface area contributed by atoms with Gasteiger partial charge >= 0.3 is 0 Å². The average Bonchev–Trinajstić information content (AvgIpc) is 2.88. The Morgan fingerprint density at radius 2 is 1.95 bits per heavy atom. The maximum atomic E-state index is 5.74. The van der Waals surface area contributed by atoms with Crippen molar-refractivity contribution in [1.29, 1.82) is 0 Å². The van der Waals surface area contributed by atoms with E-state index in [1.54, 1.807) is 11.3 Å². The zero-order valence-corrected chi connectivity index (χ0v) is 11.3. The molecule has 1 unspecified atom stereocenters. The van der Waals surface area contributed by atoms with E-state index in [9.17, 15) is 0 Å². The van der Waals surface area contributed by atoms with E-state index in [0.717, 1.165) is 16.0 Å². The Bertz CT molecular complexity index is 693. The minimum absolute atomic E-state index is 0.165. The molecule has 0 saturated carbocycles. The number of fused-ring (bicyclic) bond motifs is 1. The average molecular weight is 270 g/mol. The van der Waals surface area contributed by atoms with Crippen molar-refractivity contribution in [2.75, 3.05) is 11.1 Å². The number of hydrogen-bond donors (Lipinski definition) is 2. The fourth-order valence-electron chi connectivity index (χ4n) is 2.01. The van der Waals surface area contributed by atoms with E-state index >= 15 is 0 Å². The summed E-state index contributed by atoms with van der Waals surface area (Å²) in [5.41, 5.74) is 6.95. The van der Waals surface area contributed by atoms with Crippen LogP contribution in [0.25, 0.3) is 10.2 Å². The Kier molecular flexibility index (Phi) is 3.05. The number of nitrogens with one attached hydrogen (secondary N) is 1. The summed E-state index contributed by atoms with van der Waals surface area (Å²) < 4.78 is 0. The quantitative estimate of drug-likeness (QED) is 0.765. The third-order valence-electron chi connectivity index (χ3n) is 3.00. The molecule has 0 aliphatic carbocycles. The number of nitrogens with two attached hydrogens (primary N) is 1. The smallest absolute Gasteiger partial charge is 0.223 e. The number of anilines is 2. The maximum Gasteiger partial charge on any atom is 0.223 e. The van der Waals surface area contributed by atoms with Crippen molar-refractivity contribution in [1.82, 2.24) is 9.97 Å². The monoisotopic (exact) mass is 270 g/mol. The molecule has 96 valence electrons. The number of rotatable bonds is 3. The highest BCUT2D eigenvalue weighted by Crippen LogP contribution is 2.28. The molecular formula is C14H14N4S. The van der Waals surface area contributed by atoms with Crippen LogP contribution in [-0.4, -0.2) is 9.97 Å². The van der Waals surface area contributed by atoms with Gasteiger partial charge in [0.25, 0.3) is 0 Å². The van der Waals surface area contributed by atoms with Gasteiger partial charge < -0.3 is 11.1 Å². The Balaban J connectivity index is 1.95. The van der Waals surface area contributed by atoms with Crippen molar-refractivity contribution in [2.24, 2.45) is 0 Å². The van der Waals surface area contributed by atoms with Gasteiger partial charge in [0.05, 0.1) is 5.39 Å². The lowest BCUT2D eigenvalue weighted by atomic mass is 10.1. The lowest BCUT2D eigenvalue weighted by molar-refractivity contribution is 0.877. The van der Waals surface area contributed by atoms with Crippen molar-refractivity contribution in [3.63, 3.8) is 0 Å². The van der Waals surface area contributed by atoms with Crippen LogP contribution in [0, 0.1) is 0 Å². The molecule has 3 aromatic rings. The highest BCUT2D eigenvalue weighted by Gasteiger charge is 2.11. The third-order valence-corrected chi connectivity index (χ3v) is 3.80. The van der Waals surface area contributed by atoms with Crippen molar-refractivity contribution < 1.29 is 0 Å². The molecule has 3 N–H and O–H groups in total. The Labute approximate surface area is 115 Å². The van der Waals surface area contributed by atoms with Gasteiger partial charge in [0.15, 0.2) is 0 Å². The van der Waals surface area contributed by atoms with Gasteiger partial charge in [-0.1, -0.05) is 30.3 Å². The first kappa shape index (κ1) is 11.9. The normalized spacial score (nSPS) is 12.5. The summed E-state index contributed by atoms with van der Waals surface area (Å²) in [6, 6.07) is 12.4. The summed E-state index contributed by atoms with van der Waals surface area (Å²) in [5, 5.41) is 6.42. The first-order valence-corrected chi connectivity index (χ1v) is 6.94. The van der Waals surface area contributed by atoms with E-state index in [1.807, 2.05) is 29.6 Å². The van der Waals surface area contributed by atoms with Crippen LogP contribution in [0.5, 0.6) is 0 Å². The Hall–Kier alpha value is -2.14. The first-order chi connectivity index (χ1) is 9.24. The van der Waals surface area contributed by atoms with E-state index in [1.165, 1.54) is 5.56 Å². The summed E-state index contributed by atoms with van der Waals surface area (Å²) in [4.78, 5) is 9.44. The molecule has 0 aliphatic heterocycles. The third kappa shape index (κ3) is 2.37. The van der Waals surface area contributed by atoms with E-state index in [2.05, 4.69) is 34.3 Å². The molecule has 2 heterocycles. The number of benzene rings is 1. The minimum Gasteiger partial charge on any atom is -0.368 e. The molecule has 0 fully saturated rings. The zero-order valence-electron chi connectivity index (χ0n) is 10.5. The van der Waals surface area contributed by atoms with Gasteiger partial charge in [0.1, 0.15) is 10.6 Å². The molecule has 3 rings (SSSR count). The van der Waals surface area contributed by atoms with Crippen LogP contribution in [0.3, 0.4) is 0 Å². The van der Waals surface area contributed by atoms with Crippen LogP contribution in [0.4, 0.5) is 11.8 Å². The van der Waals surface area contributed by atoms with Gasteiger partial charge in [-0.2, -0.15) is 4.98 Å². The second kappa shape index (κ2) is 4.85. The summed E-state index contributed by atoms with van der Waals surface area (Å²) in [6.07, 6.45) is 0. The van der Waals surface area contributed by atoms with Crippen LogP contribution in [-0.2, 0) is 0 Å². The Morgan fingerprint density at radius 3 is 2.74 bits per heavy atom. The van der Waals surface area contributed by atoms with Gasteiger partial charge in [-0.15, -0.1) is 11.3 Å². The predicted molar refractivity (Wildman–Crippen MR) is 80.3 cm³/mol. The maximum absolute atomic E-state index is 5.74. The highest BCUT2D eigenvalue weighted by atomic mass is 32.1. The number of nitrogen functional groups attached to an aromatic ring is 1. The van der Waals surface area contributed by atoms with Crippen LogP contribution >= 0.6 is 11.3 Å². The second-order valence-corrected chi connectivity index (χ2v) is 5.24. The van der Waals surface area contributed by atoms with Gasteiger partial charge in [0, 0.05) is 6.04 Å². The standard InChI is InChI=1S/C14H14N4S/c1-9(10-5-3-2-4-6-10)16-12-11-7-8-19-13(11)18-14(15)17-12/h2-9H,1H3,(H3,15,16,17,18). The van der Waals surface area contributed by atoms with E-state index in [4.69, 9.17) is 5.73 Å². The van der Waals surface area contributed by atoms with Crippen LogP contribution < -0.4 is 11.1 Å². The number of aromatic nitrogens is 2. The van der Waals surface area contributed by atoms with Crippen molar-refractivity contribution in [3.8, 4) is 0 Å². The number of hydrogen-bond acceptors (Lipinski definition) is 5. The summed E-state index contributed by atoms with van der Waals surface area (Å²) in [5.74, 6) is 1.10. The molecule has 0 aliphatic rings. The van der Waals surface area contributed by atoms with Crippen molar-refractivity contribution in [3.05, 3.63) is 47.3 Å². The highest BCUT2D eigenvalue weighted by molar-refractivity contribution is 7.16. The molecule has 0 amide bonds. The molecule has 19 heavy (non-hydrogen) atoms. The van der Waals surface area contributed by atoms with E-state index in [0.29, 0.717) is 5.95 Å². The van der Waals surface area contributed by atoms with Crippen LogP contribution in [0.2, 0.25) is 0 Å². The zero-order chi connectivity index (χ0) is 13.2. The molecule has 4 nitrogen and oxygen atoms in total. The predicted octanol–water partition coefficient (Wildman–Crippen LogP) is 3.45. The lowest BCUT2D eigenvalue weighted by Crippen LogP contribution is -2.09. The second-order valence-electron chi connectivity index (χ2n) is 4.35. The molecule has 0 saturated heterocycles. The summed E-state index contributed by atoms with van der Waals surface area (Å²) in [7, 11) is 0. The molecular weight excluding hydrogens is 256 g/mol. The Morgan fingerprint density at radius 1 is 1.16 bits per heavy atom. The van der Waals surface area contributed by atoms with E-state index in [-0.39, 0.29) is 6.04 Å². The molecule has 5 heteroatoms. The molecule has 0 bridgehead atoms. The molecule has 0 radical (unpaired) electrons. The minimum atomic E-state index is 0.165. The van der Waals surface area contributed by atoms with Gasteiger partial charge in [-0.25, -0.2) is 4.98 Å². The van der Waals surface area contributed by atoms with Crippen LogP contribution in [0.15, 0.2) is 41.8 Å². The molecule has 2 aromatic heterocycles. The van der Waals surface area contributed by atoms with Gasteiger partial charge in [-0.3, -0.25) is 0 Å². The fourth-order valence-corrected chi connectivity index (χ4v) is 2.78. The largest absolute Gasteiger partial charge is 0.368 e. The van der Waals surface area contributed by atoms with Crippen LogP contribution in [0.1, 0.15) is 18.5 Å². The van der Waals surface area contributed by atoms with E-state index < -0.39 is 0 Å². The summed E-state index contributed by atoms with van der Waals surface area (Å²) in [6.45, 7) is 2.10.